The first kappa shape index (κ1) is 13.4. The van der Waals surface area contributed by atoms with Crippen molar-refractivity contribution in [3.63, 3.8) is 0 Å². The maximum absolute atomic E-state index is 5.75. The van der Waals surface area contributed by atoms with Gasteiger partial charge in [0.15, 0.2) is 0 Å². The van der Waals surface area contributed by atoms with E-state index >= 15 is 0 Å². The molecule has 0 aromatic carbocycles. The van der Waals surface area contributed by atoms with Crippen LogP contribution in [0.2, 0.25) is 0 Å². The summed E-state index contributed by atoms with van der Waals surface area (Å²) in [6.45, 7) is 3.10. The van der Waals surface area contributed by atoms with Crippen molar-refractivity contribution >= 4 is 27.7 Å². The molecule has 2 rings (SSSR count). The predicted octanol–water partition coefficient (Wildman–Crippen LogP) is 2.46. The topological polar surface area (TPSA) is 55.9 Å². The van der Waals surface area contributed by atoms with Crippen LogP contribution in [0.5, 0.6) is 0 Å². The van der Waals surface area contributed by atoms with Crippen LogP contribution in [0.15, 0.2) is 10.7 Å². The number of hydrazine groups is 1. The fourth-order valence-corrected chi connectivity index (χ4v) is 4.21. The minimum atomic E-state index is 0.186. The highest BCUT2D eigenvalue weighted by Crippen LogP contribution is 2.37. The van der Waals surface area contributed by atoms with Gasteiger partial charge in [0.25, 0.3) is 0 Å². The zero-order valence-electron chi connectivity index (χ0n) is 10.0. The van der Waals surface area contributed by atoms with Crippen LogP contribution in [0, 0.1) is 0 Å². The third-order valence-corrected chi connectivity index (χ3v) is 5.15. The molecule has 1 aromatic heterocycles. The molecule has 3 N–H and O–H groups in total. The molecule has 1 aliphatic rings. The van der Waals surface area contributed by atoms with Crippen LogP contribution in [0.4, 0.5) is 0 Å². The Morgan fingerprint density at radius 1 is 1.76 bits per heavy atom. The minimum Gasteiger partial charge on any atom is -0.271 e. The molecule has 0 aliphatic carbocycles. The molecule has 0 bridgehead atoms. The van der Waals surface area contributed by atoms with Gasteiger partial charge in [0, 0.05) is 11.8 Å². The number of aryl methyl sites for hydroxylation is 1. The number of rotatable bonds is 5. The summed E-state index contributed by atoms with van der Waals surface area (Å²) in [6.07, 6.45) is 5.46. The van der Waals surface area contributed by atoms with Crippen LogP contribution in [0.25, 0.3) is 0 Å². The maximum atomic E-state index is 5.75. The van der Waals surface area contributed by atoms with E-state index in [1.165, 1.54) is 24.3 Å². The van der Waals surface area contributed by atoms with E-state index in [2.05, 4.69) is 38.1 Å². The number of hydrogen-bond donors (Lipinski definition) is 2. The van der Waals surface area contributed by atoms with Crippen molar-refractivity contribution in [3.05, 3.63) is 16.4 Å². The molecule has 0 radical (unpaired) electrons. The Bertz CT molecular complexity index is 362. The summed E-state index contributed by atoms with van der Waals surface area (Å²) in [6, 6.07) is 0.186. The average molecular weight is 319 g/mol. The van der Waals surface area contributed by atoms with Gasteiger partial charge in [0.1, 0.15) is 0 Å². The summed E-state index contributed by atoms with van der Waals surface area (Å²) in [5.41, 5.74) is 4.16. The lowest BCUT2D eigenvalue weighted by atomic mass is 10.1. The molecule has 4 nitrogen and oxygen atoms in total. The fourth-order valence-electron chi connectivity index (χ4n) is 2.30. The van der Waals surface area contributed by atoms with Crippen molar-refractivity contribution < 1.29 is 0 Å². The van der Waals surface area contributed by atoms with Crippen LogP contribution in [-0.2, 0) is 6.54 Å². The Labute approximate surface area is 115 Å². The molecule has 17 heavy (non-hydrogen) atoms. The second-order valence-electron chi connectivity index (χ2n) is 4.30. The van der Waals surface area contributed by atoms with E-state index in [1.54, 1.807) is 0 Å². The molecule has 2 unspecified atom stereocenters. The van der Waals surface area contributed by atoms with Gasteiger partial charge in [-0.15, -0.1) is 0 Å². The van der Waals surface area contributed by atoms with E-state index in [-0.39, 0.29) is 6.04 Å². The Balaban J connectivity index is 2.25. The van der Waals surface area contributed by atoms with E-state index in [1.807, 2.05) is 18.0 Å². The third-order valence-electron chi connectivity index (χ3n) is 3.08. The average Bonchev–Trinajstić information content (AvgIpc) is 2.94. The van der Waals surface area contributed by atoms with Crippen LogP contribution in [0.3, 0.4) is 0 Å². The SMILES string of the molecule is CCCn1ncc(Br)c1C(NN)C1CCCS1. The summed E-state index contributed by atoms with van der Waals surface area (Å²) in [5.74, 6) is 6.99. The first-order valence-corrected chi connectivity index (χ1v) is 7.91. The van der Waals surface area contributed by atoms with Gasteiger partial charge < -0.3 is 0 Å². The Hall–Kier alpha value is -0.0400. The lowest BCUT2D eigenvalue weighted by molar-refractivity contribution is 0.460. The predicted molar refractivity (Wildman–Crippen MR) is 75.8 cm³/mol. The molecular formula is C11H19BrN4S. The molecular weight excluding hydrogens is 300 g/mol. The van der Waals surface area contributed by atoms with Gasteiger partial charge in [-0.2, -0.15) is 16.9 Å². The standard InChI is InChI=1S/C11H19BrN4S/c1-2-5-16-11(8(12)7-14-16)10(15-13)9-4-3-6-17-9/h7,9-10,15H,2-6,13H2,1H3. The normalized spacial score (nSPS) is 21.9. The smallest absolute Gasteiger partial charge is 0.0758 e. The minimum absolute atomic E-state index is 0.186. The Morgan fingerprint density at radius 3 is 3.18 bits per heavy atom. The summed E-state index contributed by atoms with van der Waals surface area (Å²) in [7, 11) is 0. The van der Waals surface area contributed by atoms with E-state index in [4.69, 9.17) is 5.84 Å². The monoisotopic (exact) mass is 318 g/mol. The third kappa shape index (κ3) is 2.86. The van der Waals surface area contributed by atoms with Gasteiger partial charge in [-0.1, -0.05) is 6.92 Å². The van der Waals surface area contributed by atoms with Crippen LogP contribution in [-0.4, -0.2) is 20.8 Å². The van der Waals surface area contributed by atoms with Crippen LogP contribution < -0.4 is 11.3 Å². The maximum Gasteiger partial charge on any atom is 0.0758 e. The number of halogens is 1. The van der Waals surface area contributed by atoms with E-state index in [9.17, 15) is 0 Å². The Morgan fingerprint density at radius 2 is 2.59 bits per heavy atom. The van der Waals surface area contributed by atoms with Crippen molar-refractivity contribution in [3.8, 4) is 0 Å². The van der Waals surface area contributed by atoms with E-state index in [0.29, 0.717) is 5.25 Å². The molecule has 1 aliphatic heterocycles. The zero-order chi connectivity index (χ0) is 12.3. The second kappa shape index (κ2) is 6.22. The highest BCUT2D eigenvalue weighted by atomic mass is 79.9. The molecule has 0 amide bonds. The van der Waals surface area contributed by atoms with E-state index in [0.717, 1.165) is 17.4 Å². The highest BCUT2D eigenvalue weighted by molar-refractivity contribution is 9.10. The van der Waals surface area contributed by atoms with Crippen molar-refractivity contribution in [2.45, 2.75) is 44.0 Å². The highest BCUT2D eigenvalue weighted by Gasteiger charge is 2.30. The zero-order valence-corrected chi connectivity index (χ0v) is 12.4. The van der Waals surface area contributed by atoms with Gasteiger partial charge in [-0.25, -0.2) is 0 Å². The number of thioether (sulfide) groups is 1. The number of nitrogens with zero attached hydrogens (tertiary/aromatic N) is 2. The number of aromatic nitrogens is 2. The Kier molecular flexibility index (Phi) is 4.90. The quantitative estimate of drug-likeness (QED) is 0.647. The molecule has 2 heterocycles. The van der Waals surface area contributed by atoms with Gasteiger partial charge >= 0.3 is 0 Å². The van der Waals surface area contributed by atoms with Gasteiger partial charge in [-0.3, -0.25) is 16.0 Å². The molecule has 1 fully saturated rings. The first-order chi connectivity index (χ1) is 8.27. The van der Waals surface area contributed by atoms with Crippen molar-refractivity contribution in [2.75, 3.05) is 5.75 Å². The number of hydrogen-bond acceptors (Lipinski definition) is 4. The summed E-state index contributed by atoms with van der Waals surface area (Å²) >= 11 is 5.59. The molecule has 0 spiro atoms. The largest absolute Gasteiger partial charge is 0.271 e. The summed E-state index contributed by atoms with van der Waals surface area (Å²) in [4.78, 5) is 0. The van der Waals surface area contributed by atoms with E-state index < -0.39 is 0 Å². The molecule has 1 saturated heterocycles. The van der Waals surface area contributed by atoms with Gasteiger partial charge in [0.05, 0.1) is 22.4 Å². The fraction of sp³-hybridized carbons (Fsp3) is 0.727. The lowest BCUT2D eigenvalue weighted by Gasteiger charge is -2.23. The van der Waals surface area contributed by atoms with Crippen molar-refractivity contribution in [1.29, 1.82) is 0 Å². The lowest BCUT2D eigenvalue weighted by Crippen LogP contribution is -2.36. The molecule has 96 valence electrons. The summed E-state index contributed by atoms with van der Waals surface area (Å²) < 4.78 is 3.12. The van der Waals surface area contributed by atoms with Crippen molar-refractivity contribution in [1.82, 2.24) is 15.2 Å². The summed E-state index contributed by atoms with van der Waals surface area (Å²) in [5, 5.41) is 4.97. The number of nitrogens with one attached hydrogen (secondary N) is 1. The van der Waals surface area contributed by atoms with Gasteiger partial charge in [0.2, 0.25) is 0 Å². The molecule has 0 saturated carbocycles. The molecule has 6 heteroatoms. The van der Waals surface area contributed by atoms with Crippen molar-refractivity contribution in [2.24, 2.45) is 5.84 Å². The molecule has 1 aromatic rings. The van der Waals surface area contributed by atoms with Gasteiger partial charge in [-0.05, 0) is 40.9 Å². The first-order valence-electron chi connectivity index (χ1n) is 6.06. The number of nitrogens with two attached hydrogens (primary N) is 1. The molecule has 2 atom stereocenters. The van der Waals surface area contributed by atoms with Crippen LogP contribution >= 0.6 is 27.7 Å². The second-order valence-corrected chi connectivity index (χ2v) is 6.50. The van der Waals surface area contributed by atoms with Crippen LogP contribution in [0.1, 0.15) is 37.9 Å².